The third kappa shape index (κ3) is 15.6. The van der Waals surface area contributed by atoms with Crippen LogP contribution >= 0.6 is 34.0 Å². The number of pyridine rings is 2. The Morgan fingerprint density at radius 2 is 0.862 bits per heavy atom. The van der Waals surface area contributed by atoms with Crippen molar-refractivity contribution in [3.63, 3.8) is 0 Å². The van der Waals surface area contributed by atoms with Crippen LogP contribution in [0.2, 0.25) is 0 Å². The fourth-order valence-electron chi connectivity index (χ4n) is 4.12. The number of carbonyl (C=O) groups excluding carboxylic acids is 6. The zero-order valence-corrected chi connectivity index (χ0v) is 33.7. The first-order chi connectivity index (χ1) is 26.6. The van der Waals surface area contributed by atoms with Gasteiger partial charge in [-0.3, -0.25) is 38.7 Å². The molecule has 6 rings (SSSR count). The van der Waals surface area contributed by atoms with Gasteiger partial charge < -0.3 is 5.73 Å². The molecule has 5 aromatic heterocycles. The van der Waals surface area contributed by atoms with Crippen LogP contribution in [0.25, 0.3) is 21.8 Å². The summed E-state index contributed by atoms with van der Waals surface area (Å²) in [5.41, 5.74) is 8.48. The number of halogens is 9. The molecule has 6 aromatic rings. The van der Waals surface area contributed by atoms with Crippen LogP contribution in [0.1, 0.15) is 48.3 Å². The van der Waals surface area contributed by atoms with E-state index >= 15 is 0 Å². The molecular weight excluding hydrogens is 990 g/mol. The van der Waals surface area contributed by atoms with E-state index in [1.54, 1.807) is 28.5 Å². The number of hydrogen-bond donors (Lipinski definition) is 1. The molecule has 0 fully saturated rings. The van der Waals surface area contributed by atoms with Gasteiger partial charge in [0, 0.05) is 28.9 Å². The van der Waals surface area contributed by atoms with E-state index in [4.69, 9.17) is 5.73 Å². The summed E-state index contributed by atoms with van der Waals surface area (Å²) in [5, 5.41) is 6.67. The maximum absolute atomic E-state index is 11.8. The van der Waals surface area contributed by atoms with Crippen LogP contribution < -0.4 is 5.73 Å². The molecule has 0 bridgehead atoms. The fourth-order valence-corrected chi connectivity index (χ4v) is 6.11. The van der Waals surface area contributed by atoms with E-state index in [1.807, 2.05) is 30.3 Å². The number of alkyl halides is 9. The quantitative estimate of drug-likeness (QED) is 0.0490. The van der Waals surface area contributed by atoms with E-state index in [1.165, 1.54) is 36.4 Å². The Labute approximate surface area is 374 Å². The molecule has 0 unspecified atom stereocenters. The first-order valence-corrected chi connectivity index (χ1v) is 18.1. The van der Waals surface area contributed by atoms with Gasteiger partial charge in [0.25, 0.3) is 0 Å². The Hall–Kier alpha value is -4.09. The average Bonchev–Trinajstić information content (AvgIpc) is 3.96. The third-order valence-corrected chi connectivity index (χ3v) is 9.53. The number of nitrogens with two attached hydrogens (primary N) is 1. The van der Waals surface area contributed by atoms with Crippen LogP contribution in [-0.2, 0) is 14.4 Å². The first-order valence-electron chi connectivity index (χ1n) is 15.5. The summed E-state index contributed by atoms with van der Waals surface area (Å²) < 4.78 is 106. The van der Waals surface area contributed by atoms with Gasteiger partial charge in [0.05, 0.1) is 44.9 Å². The van der Waals surface area contributed by atoms with Crippen molar-refractivity contribution in [2.24, 2.45) is 0 Å². The smallest absolute Gasteiger partial charge is 0.398 e. The summed E-state index contributed by atoms with van der Waals surface area (Å²) in [4.78, 5) is 73.6. The van der Waals surface area contributed by atoms with Gasteiger partial charge in [-0.2, -0.15) is 39.5 Å². The van der Waals surface area contributed by atoms with E-state index in [0.29, 0.717) is 0 Å². The summed E-state index contributed by atoms with van der Waals surface area (Å²) in [5.74, 6) is -8.38. The van der Waals surface area contributed by atoms with Gasteiger partial charge in [-0.05, 0) is 58.6 Å². The molecule has 9 nitrogen and oxygen atoms in total. The number of fused-ring (bicyclic) bond motifs is 3. The number of thiophene rings is 3. The molecule has 0 aliphatic carbocycles. The van der Waals surface area contributed by atoms with Crippen LogP contribution in [0.5, 0.6) is 0 Å². The molecule has 2 N–H and O–H groups in total. The van der Waals surface area contributed by atoms with Gasteiger partial charge >= 0.3 is 67.9 Å². The SMILES string of the molecule is Nc1cc2cccnc2c2ncccc12.O=C(CC(=O)C(F)(F)F)c1cccs1.O=C(CC(=O)C(F)(F)F)c1cccs1.O=C(CC(=O)C(F)(F)F)c1cccs1.[Eu+3]. The van der Waals surface area contributed by atoms with E-state index in [9.17, 15) is 68.3 Å². The summed E-state index contributed by atoms with van der Waals surface area (Å²) in [6.45, 7) is 0. The van der Waals surface area contributed by atoms with Crippen LogP contribution in [0.3, 0.4) is 0 Å². The largest absolute Gasteiger partial charge is 3.00 e. The topological polar surface area (TPSA) is 154 Å². The molecule has 0 aliphatic rings. The third-order valence-electron chi connectivity index (χ3n) is 6.79. The van der Waals surface area contributed by atoms with Crippen LogP contribution in [0, 0.1) is 49.4 Å². The minimum Gasteiger partial charge on any atom is -0.398 e. The second-order valence-corrected chi connectivity index (χ2v) is 13.8. The number of aromatic nitrogens is 2. The maximum atomic E-state index is 11.8. The van der Waals surface area contributed by atoms with Crippen molar-refractivity contribution in [1.82, 2.24) is 9.97 Å². The van der Waals surface area contributed by atoms with Crippen molar-refractivity contribution in [2.75, 3.05) is 5.73 Å². The summed E-state index contributed by atoms with van der Waals surface area (Å²) in [7, 11) is 0. The second kappa shape index (κ2) is 22.3. The van der Waals surface area contributed by atoms with Crippen LogP contribution in [0.15, 0.2) is 95.3 Å². The standard InChI is InChI=1S/C12H9N3.3C8H5F3O2S.Eu/c13-10-7-8-3-1-5-14-11(8)12-9(10)4-2-6-15-12;3*9-8(10,11)7(13)4-5(12)6-2-1-3-14-6;/h1-7H,13H2;3*1-3H,4H2;/q;;;;+3. The molecule has 304 valence electrons. The number of ketones is 6. The molecule has 0 atom stereocenters. The average molecular weight is 1010 g/mol. The maximum Gasteiger partial charge on any atom is 3.00 e. The molecule has 0 spiro atoms. The Bertz CT molecular complexity index is 2160. The number of anilines is 1. The predicted molar refractivity (Wildman–Crippen MR) is 194 cm³/mol. The number of nitrogen functional groups attached to an aromatic ring is 1. The van der Waals surface area contributed by atoms with Crippen LogP contribution in [-0.4, -0.2) is 63.2 Å². The molecule has 22 heteroatoms. The predicted octanol–water partition coefficient (Wildman–Crippen LogP) is 9.72. The summed E-state index contributed by atoms with van der Waals surface area (Å²) >= 11 is 3.04. The van der Waals surface area contributed by atoms with E-state index in [2.05, 4.69) is 9.97 Å². The second-order valence-electron chi connectivity index (χ2n) is 10.9. The van der Waals surface area contributed by atoms with Crippen molar-refractivity contribution in [1.29, 1.82) is 0 Å². The molecular formula is C36H24EuF9N3O6S3+3. The van der Waals surface area contributed by atoms with Crippen molar-refractivity contribution in [2.45, 2.75) is 37.8 Å². The number of hydrogen-bond acceptors (Lipinski definition) is 12. The van der Waals surface area contributed by atoms with Crippen molar-refractivity contribution in [3.8, 4) is 0 Å². The van der Waals surface area contributed by atoms with E-state index in [0.717, 1.165) is 61.5 Å². The number of rotatable bonds is 9. The van der Waals surface area contributed by atoms with Gasteiger partial charge in [0.2, 0.25) is 17.3 Å². The summed E-state index contributed by atoms with van der Waals surface area (Å²) in [6, 6.07) is 18.4. The summed E-state index contributed by atoms with van der Waals surface area (Å²) in [6.07, 6.45) is -14.6. The fraction of sp³-hybridized carbons (Fsp3) is 0.167. The van der Waals surface area contributed by atoms with Gasteiger partial charge in [-0.25, -0.2) is 0 Å². The Morgan fingerprint density at radius 1 is 0.517 bits per heavy atom. The van der Waals surface area contributed by atoms with Gasteiger partial charge in [0.1, 0.15) is 0 Å². The van der Waals surface area contributed by atoms with Gasteiger partial charge in [-0.1, -0.05) is 24.3 Å². The molecule has 0 saturated heterocycles. The molecule has 0 radical (unpaired) electrons. The molecule has 0 aliphatic heterocycles. The number of carbonyl (C=O) groups is 6. The van der Waals surface area contributed by atoms with Crippen LogP contribution in [0.4, 0.5) is 45.2 Å². The van der Waals surface area contributed by atoms with Gasteiger partial charge in [0.15, 0.2) is 17.3 Å². The number of Topliss-reactive ketones (excluding diaryl/α,β-unsaturated/α-hetero) is 6. The Kier molecular flexibility index (Phi) is 19.3. The van der Waals surface area contributed by atoms with Gasteiger partial charge in [-0.15, -0.1) is 34.0 Å². The first kappa shape index (κ1) is 50.1. The molecule has 58 heavy (non-hydrogen) atoms. The van der Waals surface area contributed by atoms with Crippen molar-refractivity contribution < 1.29 is 118 Å². The van der Waals surface area contributed by atoms with Crippen molar-refractivity contribution in [3.05, 3.63) is 110 Å². The molecule has 0 saturated carbocycles. The Morgan fingerprint density at radius 3 is 1.19 bits per heavy atom. The monoisotopic (exact) mass is 1010 g/mol. The van der Waals surface area contributed by atoms with E-state index < -0.39 is 72.5 Å². The zero-order valence-electron chi connectivity index (χ0n) is 28.8. The number of benzene rings is 1. The molecule has 0 amide bonds. The number of nitrogens with zero attached hydrogens (tertiary/aromatic N) is 2. The minimum absolute atomic E-state index is 0. The van der Waals surface area contributed by atoms with E-state index in [-0.39, 0.29) is 64.0 Å². The molecule has 5 heterocycles. The Balaban J connectivity index is 0.000000265. The zero-order chi connectivity index (χ0) is 42.6. The normalized spacial score (nSPS) is 11.1. The minimum atomic E-state index is -4.92. The molecule has 1 aromatic carbocycles. The van der Waals surface area contributed by atoms with Crippen molar-refractivity contribution >= 4 is 96.2 Å².